The summed E-state index contributed by atoms with van der Waals surface area (Å²) in [6.45, 7) is 6.64. The van der Waals surface area contributed by atoms with E-state index in [0.717, 1.165) is 0 Å². The van der Waals surface area contributed by atoms with Gasteiger partial charge in [-0.25, -0.2) is 0 Å². The minimum atomic E-state index is -0.0218. The van der Waals surface area contributed by atoms with Gasteiger partial charge in [0.15, 0.2) is 0 Å². The van der Waals surface area contributed by atoms with Crippen LogP contribution in [0.25, 0.3) is 0 Å². The van der Waals surface area contributed by atoms with E-state index in [0.29, 0.717) is 18.1 Å². The Bertz CT molecular complexity index is 662. The SMILES string of the molecule is Cc1ccc([C@]2(C)CC(=O)C([Se]c3ccccc3)[C@H]2C)cc1. The molecule has 1 aliphatic carbocycles. The van der Waals surface area contributed by atoms with Crippen LogP contribution in [0.1, 0.15) is 31.4 Å². The second-order valence-electron chi connectivity index (χ2n) is 6.57. The average molecular weight is 357 g/mol. The van der Waals surface area contributed by atoms with E-state index in [9.17, 15) is 4.79 Å². The van der Waals surface area contributed by atoms with Gasteiger partial charge in [0.25, 0.3) is 0 Å². The van der Waals surface area contributed by atoms with Gasteiger partial charge in [-0.2, -0.15) is 0 Å². The Hall–Kier alpha value is -1.37. The van der Waals surface area contributed by atoms with E-state index in [4.69, 9.17) is 0 Å². The first-order valence-electron chi connectivity index (χ1n) is 7.82. The monoisotopic (exact) mass is 358 g/mol. The van der Waals surface area contributed by atoms with Gasteiger partial charge in [0.2, 0.25) is 0 Å². The van der Waals surface area contributed by atoms with Crippen LogP contribution in [0.4, 0.5) is 0 Å². The third-order valence-electron chi connectivity index (χ3n) is 5.04. The van der Waals surface area contributed by atoms with Gasteiger partial charge in [0.1, 0.15) is 0 Å². The zero-order valence-electron chi connectivity index (χ0n) is 13.4. The molecule has 114 valence electrons. The molecule has 0 radical (unpaired) electrons. The fraction of sp³-hybridized carbons (Fsp3) is 0.350. The van der Waals surface area contributed by atoms with Gasteiger partial charge < -0.3 is 0 Å². The Morgan fingerprint density at radius 1 is 1.05 bits per heavy atom. The van der Waals surface area contributed by atoms with E-state index in [2.05, 4.69) is 69.3 Å². The van der Waals surface area contributed by atoms with Crippen LogP contribution >= 0.6 is 0 Å². The Labute approximate surface area is 139 Å². The van der Waals surface area contributed by atoms with Gasteiger partial charge in [0, 0.05) is 0 Å². The number of aryl methyl sites for hydroxylation is 1. The van der Waals surface area contributed by atoms with Crippen molar-refractivity contribution in [3.63, 3.8) is 0 Å². The summed E-state index contributed by atoms with van der Waals surface area (Å²) in [4.78, 5) is 12.9. The van der Waals surface area contributed by atoms with Crippen molar-refractivity contribution in [1.82, 2.24) is 0 Å². The topological polar surface area (TPSA) is 17.1 Å². The zero-order valence-corrected chi connectivity index (χ0v) is 15.1. The Balaban J connectivity index is 1.87. The summed E-state index contributed by atoms with van der Waals surface area (Å²) in [5.74, 6) is 0.836. The van der Waals surface area contributed by atoms with Gasteiger partial charge in [-0.05, 0) is 0 Å². The normalized spacial score (nSPS) is 28.0. The molecule has 0 heterocycles. The van der Waals surface area contributed by atoms with Crippen molar-refractivity contribution in [2.24, 2.45) is 5.92 Å². The molecule has 0 spiro atoms. The van der Waals surface area contributed by atoms with Crippen molar-refractivity contribution in [2.45, 2.75) is 37.4 Å². The van der Waals surface area contributed by atoms with Crippen molar-refractivity contribution in [3.8, 4) is 0 Å². The maximum absolute atomic E-state index is 12.7. The summed E-state index contributed by atoms with van der Waals surface area (Å²) < 4.78 is 1.33. The van der Waals surface area contributed by atoms with E-state index in [1.807, 2.05) is 6.07 Å². The van der Waals surface area contributed by atoms with Crippen molar-refractivity contribution in [3.05, 3.63) is 65.7 Å². The van der Waals surface area contributed by atoms with Crippen LogP contribution in [0.15, 0.2) is 54.6 Å². The molecular formula is C20H22OSe. The number of hydrogen-bond donors (Lipinski definition) is 0. The average Bonchev–Trinajstić information content (AvgIpc) is 2.73. The molecule has 2 aromatic rings. The van der Waals surface area contributed by atoms with E-state index in [1.165, 1.54) is 15.6 Å². The molecular weight excluding hydrogens is 335 g/mol. The number of benzene rings is 2. The molecule has 1 saturated carbocycles. The first kappa shape index (κ1) is 15.5. The summed E-state index contributed by atoms with van der Waals surface area (Å²) in [6, 6.07) is 19.2. The van der Waals surface area contributed by atoms with Crippen LogP contribution in [0.5, 0.6) is 0 Å². The van der Waals surface area contributed by atoms with E-state index in [-0.39, 0.29) is 25.2 Å². The van der Waals surface area contributed by atoms with Crippen LogP contribution in [0.3, 0.4) is 0 Å². The van der Waals surface area contributed by atoms with E-state index in [1.54, 1.807) is 0 Å². The summed E-state index contributed by atoms with van der Waals surface area (Å²) in [5.41, 5.74) is 2.56. The Morgan fingerprint density at radius 2 is 1.68 bits per heavy atom. The van der Waals surface area contributed by atoms with Crippen LogP contribution in [-0.2, 0) is 10.2 Å². The molecule has 1 aliphatic rings. The van der Waals surface area contributed by atoms with Crippen molar-refractivity contribution >= 4 is 25.2 Å². The Morgan fingerprint density at radius 3 is 2.32 bits per heavy atom. The van der Waals surface area contributed by atoms with Crippen molar-refractivity contribution in [2.75, 3.05) is 0 Å². The molecule has 1 nitrogen and oxygen atoms in total. The predicted octanol–water partition coefficient (Wildman–Crippen LogP) is 3.68. The molecule has 0 amide bonds. The Kier molecular flexibility index (Phi) is 4.25. The fourth-order valence-electron chi connectivity index (χ4n) is 3.35. The molecule has 0 N–H and O–H groups in total. The number of Topliss-reactive ketones (excluding diaryl/α,β-unsaturated/α-hetero) is 1. The fourth-order valence-corrected chi connectivity index (χ4v) is 6.13. The van der Waals surface area contributed by atoms with Crippen molar-refractivity contribution in [1.29, 1.82) is 0 Å². The van der Waals surface area contributed by atoms with Crippen LogP contribution in [0, 0.1) is 12.8 Å². The maximum atomic E-state index is 12.7. The van der Waals surface area contributed by atoms with Gasteiger partial charge >= 0.3 is 139 Å². The molecule has 1 fully saturated rings. The summed E-state index contributed by atoms with van der Waals surface area (Å²) in [6.07, 6.45) is 0.677. The summed E-state index contributed by atoms with van der Waals surface area (Å²) in [7, 11) is 0. The summed E-state index contributed by atoms with van der Waals surface area (Å²) >= 11 is 0.222. The molecule has 0 saturated heterocycles. The van der Waals surface area contributed by atoms with Gasteiger partial charge in [0.05, 0.1) is 0 Å². The van der Waals surface area contributed by atoms with Gasteiger partial charge in [-0.15, -0.1) is 0 Å². The molecule has 0 aliphatic heterocycles. The number of rotatable bonds is 3. The number of carbonyl (C=O) groups is 1. The second-order valence-corrected chi connectivity index (χ2v) is 9.12. The zero-order chi connectivity index (χ0) is 15.7. The van der Waals surface area contributed by atoms with Crippen LogP contribution in [0.2, 0.25) is 4.82 Å². The third kappa shape index (κ3) is 2.78. The quantitative estimate of drug-likeness (QED) is 0.766. The third-order valence-corrected chi connectivity index (χ3v) is 8.12. The number of hydrogen-bond acceptors (Lipinski definition) is 1. The molecule has 2 heteroatoms. The molecule has 3 rings (SSSR count). The first-order chi connectivity index (χ1) is 10.5. The molecule has 0 bridgehead atoms. The number of ketones is 1. The summed E-state index contributed by atoms with van der Waals surface area (Å²) in [5, 5.41) is 0. The first-order valence-corrected chi connectivity index (χ1v) is 9.67. The minimum absolute atomic E-state index is 0.0218. The van der Waals surface area contributed by atoms with Gasteiger partial charge in [-0.1, -0.05) is 0 Å². The van der Waals surface area contributed by atoms with Gasteiger partial charge in [-0.3, -0.25) is 0 Å². The molecule has 22 heavy (non-hydrogen) atoms. The predicted molar refractivity (Wildman–Crippen MR) is 92.9 cm³/mol. The van der Waals surface area contributed by atoms with Crippen LogP contribution < -0.4 is 4.46 Å². The molecule has 0 aromatic heterocycles. The van der Waals surface area contributed by atoms with Crippen molar-refractivity contribution < 1.29 is 4.79 Å². The second kappa shape index (κ2) is 6.02. The van der Waals surface area contributed by atoms with E-state index < -0.39 is 0 Å². The number of carbonyl (C=O) groups excluding carboxylic acids is 1. The molecule has 2 aromatic carbocycles. The van der Waals surface area contributed by atoms with Crippen LogP contribution in [-0.4, -0.2) is 20.7 Å². The van der Waals surface area contributed by atoms with E-state index >= 15 is 0 Å². The molecule has 1 unspecified atom stereocenters. The molecule has 3 atom stereocenters. The standard InChI is InChI=1S/C20H22OSe/c1-14-9-11-16(12-10-14)20(3)13-18(21)19(15(20)2)22-17-7-5-4-6-8-17/h4-12,15,19H,13H2,1-3H3/t15-,19?,20-/m1/s1.